The number of rotatable bonds is 6. The van der Waals surface area contributed by atoms with E-state index in [1.165, 1.54) is 18.9 Å². The summed E-state index contributed by atoms with van der Waals surface area (Å²) in [4.78, 5) is 16.3. The Bertz CT molecular complexity index is 717. The van der Waals surface area contributed by atoms with Crippen molar-refractivity contribution in [2.45, 2.75) is 32.1 Å². The molecular weight excluding hydrogens is 378 g/mol. The predicted molar refractivity (Wildman–Crippen MR) is 107 cm³/mol. The lowest BCUT2D eigenvalue weighted by Gasteiger charge is -2.22. The van der Waals surface area contributed by atoms with Crippen LogP contribution in [0.25, 0.3) is 11.0 Å². The molecule has 0 saturated carbocycles. The zero-order valence-electron chi connectivity index (χ0n) is 15.0. The van der Waals surface area contributed by atoms with Gasteiger partial charge in [-0.2, -0.15) is 0 Å². The summed E-state index contributed by atoms with van der Waals surface area (Å²) in [6.45, 7) is 2.66. The van der Waals surface area contributed by atoms with Gasteiger partial charge in [0.15, 0.2) is 5.82 Å². The fourth-order valence-corrected chi connectivity index (χ4v) is 3.36. The van der Waals surface area contributed by atoms with Gasteiger partial charge in [-0.25, -0.2) is 9.37 Å². The van der Waals surface area contributed by atoms with Gasteiger partial charge in [0.25, 0.3) is 0 Å². The van der Waals surface area contributed by atoms with Gasteiger partial charge in [-0.05, 0) is 50.4 Å². The van der Waals surface area contributed by atoms with Crippen molar-refractivity contribution >= 4 is 41.8 Å². The number of benzene rings is 1. The number of carbonyl (C=O) groups is 1. The van der Waals surface area contributed by atoms with Crippen LogP contribution in [0.3, 0.4) is 0 Å². The van der Waals surface area contributed by atoms with E-state index in [0.717, 1.165) is 30.9 Å². The average Bonchev–Trinajstić information content (AvgIpc) is 2.92. The summed E-state index contributed by atoms with van der Waals surface area (Å²) in [7, 11) is 1.88. The molecule has 0 bridgehead atoms. The van der Waals surface area contributed by atoms with Crippen molar-refractivity contribution in [3.05, 3.63) is 29.8 Å². The lowest BCUT2D eigenvalue weighted by Crippen LogP contribution is -2.30. The van der Waals surface area contributed by atoms with Crippen molar-refractivity contribution in [2.75, 3.05) is 19.6 Å². The van der Waals surface area contributed by atoms with Crippen LogP contribution in [0.1, 0.15) is 31.5 Å². The second kappa shape index (κ2) is 10.7. The summed E-state index contributed by atoms with van der Waals surface area (Å²) in [6.07, 6.45) is 4.48. The molecule has 0 atom stereocenters. The van der Waals surface area contributed by atoms with E-state index in [0.29, 0.717) is 30.8 Å². The Hall–Kier alpha value is -1.37. The van der Waals surface area contributed by atoms with Crippen molar-refractivity contribution in [3.63, 3.8) is 0 Å². The Kier molecular flexibility index (Phi) is 9.33. The fourth-order valence-electron chi connectivity index (χ4n) is 3.36. The average molecular weight is 405 g/mol. The van der Waals surface area contributed by atoms with Gasteiger partial charge in [-0.1, -0.05) is 6.07 Å². The molecule has 1 aliphatic rings. The maximum atomic E-state index is 13.8. The molecule has 26 heavy (non-hydrogen) atoms. The van der Waals surface area contributed by atoms with E-state index in [9.17, 15) is 9.18 Å². The van der Waals surface area contributed by atoms with Gasteiger partial charge < -0.3 is 15.2 Å². The van der Waals surface area contributed by atoms with Crippen molar-refractivity contribution in [1.29, 1.82) is 0 Å². The first kappa shape index (κ1) is 22.7. The van der Waals surface area contributed by atoms with E-state index in [-0.39, 0.29) is 36.5 Å². The predicted octanol–water partition coefficient (Wildman–Crippen LogP) is 2.99. The molecule has 0 unspecified atom stereocenters. The van der Waals surface area contributed by atoms with Crippen LogP contribution in [0.4, 0.5) is 4.39 Å². The van der Waals surface area contributed by atoms with Gasteiger partial charge in [0.1, 0.15) is 11.3 Å². The first-order chi connectivity index (χ1) is 11.6. The van der Waals surface area contributed by atoms with E-state index in [2.05, 4.69) is 15.6 Å². The summed E-state index contributed by atoms with van der Waals surface area (Å²) in [5.74, 6) is 1.24. The Labute approximate surface area is 165 Å². The molecule has 1 aromatic heterocycles. The van der Waals surface area contributed by atoms with Gasteiger partial charge in [-0.3, -0.25) is 4.79 Å². The third-order valence-corrected chi connectivity index (χ3v) is 4.86. The molecule has 3 rings (SSSR count). The number of fused-ring (bicyclic) bond motifs is 1. The zero-order valence-corrected chi connectivity index (χ0v) is 16.6. The molecular formula is C18H27Cl2FN4O. The number of para-hydroxylation sites is 1. The normalized spacial score (nSPS) is 14.5. The number of aryl methyl sites for hydroxylation is 1. The molecule has 1 aromatic carbocycles. The first-order valence-electron chi connectivity index (χ1n) is 8.72. The molecule has 1 aliphatic heterocycles. The smallest absolute Gasteiger partial charge is 0.220 e. The Balaban J connectivity index is 0.00000169. The number of hydrogen-bond donors (Lipinski definition) is 2. The van der Waals surface area contributed by atoms with Crippen LogP contribution >= 0.6 is 24.8 Å². The molecule has 146 valence electrons. The van der Waals surface area contributed by atoms with Crippen molar-refractivity contribution in [1.82, 2.24) is 20.2 Å². The summed E-state index contributed by atoms with van der Waals surface area (Å²) in [5, 5.41) is 6.29. The highest BCUT2D eigenvalue weighted by molar-refractivity contribution is 5.85. The summed E-state index contributed by atoms with van der Waals surface area (Å²) in [5.41, 5.74) is 1.18. The van der Waals surface area contributed by atoms with Crippen molar-refractivity contribution < 1.29 is 9.18 Å². The number of amides is 1. The van der Waals surface area contributed by atoms with Crippen LogP contribution in [0, 0.1) is 11.7 Å². The van der Waals surface area contributed by atoms with Crippen LogP contribution in [0.2, 0.25) is 0 Å². The second-order valence-electron chi connectivity index (χ2n) is 6.53. The number of piperidine rings is 1. The number of carbonyl (C=O) groups excluding carboxylic acids is 1. The number of imidazole rings is 1. The topological polar surface area (TPSA) is 59.0 Å². The van der Waals surface area contributed by atoms with E-state index >= 15 is 0 Å². The quantitative estimate of drug-likeness (QED) is 0.777. The Morgan fingerprint density at radius 2 is 2.08 bits per heavy atom. The van der Waals surface area contributed by atoms with Gasteiger partial charge in [0, 0.05) is 26.4 Å². The van der Waals surface area contributed by atoms with Gasteiger partial charge in [0.05, 0.1) is 5.52 Å². The summed E-state index contributed by atoms with van der Waals surface area (Å²) in [6, 6.07) is 4.96. The van der Waals surface area contributed by atoms with E-state index in [4.69, 9.17) is 0 Å². The van der Waals surface area contributed by atoms with Crippen molar-refractivity contribution in [2.24, 2.45) is 13.0 Å². The van der Waals surface area contributed by atoms with Crippen LogP contribution in [0.5, 0.6) is 0 Å². The maximum Gasteiger partial charge on any atom is 0.220 e. The van der Waals surface area contributed by atoms with Crippen molar-refractivity contribution in [3.8, 4) is 0 Å². The van der Waals surface area contributed by atoms with Crippen LogP contribution in [-0.2, 0) is 18.3 Å². The van der Waals surface area contributed by atoms with Crippen LogP contribution < -0.4 is 10.6 Å². The standard InChI is InChI=1S/C18H25FN4O.2ClH/c1-23-15-4-2-3-14(19)18(15)22-16(23)9-12-21-17(24)6-5-13-7-10-20-11-8-13;;/h2-4,13,20H,5-12H2,1H3,(H,21,24);2*1H. The molecule has 0 radical (unpaired) electrons. The summed E-state index contributed by atoms with van der Waals surface area (Å²) < 4.78 is 15.6. The largest absolute Gasteiger partial charge is 0.356 e. The highest BCUT2D eigenvalue weighted by Crippen LogP contribution is 2.19. The molecule has 1 saturated heterocycles. The van der Waals surface area contributed by atoms with Gasteiger partial charge >= 0.3 is 0 Å². The SMILES string of the molecule is Cl.Cl.Cn1c(CCNC(=O)CCC2CCNCC2)nc2c(F)cccc21. The third-order valence-electron chi connectivity index (χ3n) is 4.86. The first-order valence-corrected chi connectivity index (χ1v) is 8.72. The highest BCUT2D eigenvalue weighted by Gasteiger charge is 2.15. The number of nitrogens with one attached hydrogen (secondary N) is 2. The highest BCUT2D eigenvalue weighted by atomic mass is 35.5. The number of aromatic nitrogens is 2. The lowest BCUT2D eigenvalue weighted by molar-refractivity contribution is -0.121. The van der Waals surface area contributed by atoms with Gasteiger partial charge in [0.2, 0.25) is 5.91 Å². The molecule has 2 N–H and O–H groups in total. The van der Waals surface area contributed by atoms with Crippen LogP contribution in [-0.4, -0.2) is 35.1 Å². The maximum absolute atomic E-state index is 13.8. The minimum absolute atomic E-state index is 0. The Morgan fingerprint density at radius 1 is 1.35 bits per heavy atom. The molecule has 1 fully saturated rings. The molecule has 8 heteroatoms. The van der Waals surface area contributed by atoms with E-state index < -0.39 is 0 Å². The van der Waals surface area contributed by atoms with E-state index in [1.807, 2.05) is 17.7 Å². The molecule has 0 spiro atoms. The third kappa shape index (κ3) is 5.56. The molecule has 2 heterocycles. The number of halogens is 3. The van der Waals surface area contributed by atoms with Crippen LogP contribution in [0.15, 0.2) is 18.2 Å². The minimum atomic E-state index is -0.305. The minimum Gasteiger partial charge on any atom is -0.356 e. The van der Waals surface area contributed by atoms with Gasteiger partial charge in [-0.15, -0.1) is 24.8 Å². The second-order valence-corrected chi connectivity index (χ2v) is 6.53. The number of hydrogen-bond acceptors (Lipinski definition) is 3. The lowest BCUT2D eigenvalue weighted by atomic mass is 9.93. The molecule has 2 aromatic rings. The zero-order chi connectivity index (χ0) is 16.9. The monoisotopic (exact) mass is 404 g/mol. The summed E-state index contributed by atoms with van der Waals surface area (Å²) >= 11 is 0. The number of nitrogens with zero attached hydrogens (tertiary/aromatic N) is 2. The Morgan fingerprint density at radius 3 is 2.77 bits per heavy atom. The van der Waals surface area contributed by atoms with E-state index in [1.54, 1.807) is 6.07 Å². The molecule has 5 nitrogen and oxygen atoms in total. The molecule has 1 amide bonds. The molecule has 0 aliphatic carbocycles. The fraction of sp³-hybridized carbons (Fsp3) is 0.556.